The van der Waals surface area contributed by atoms with E-state index in [1.165, 1.54) is 128 Å². The molecule has 8 heteroatoms. The predicted octanol–water partition coefficient (Wildman–Crippen LogP) is 16.3. The van der Waals surface area contributed by atoms with E-state index < -0.39 is 35.7 Å². The summed E-state index contributed by atoms with van der Waals surface area (Å²) in [6, 6.07) is 12.9. The maximum atomic E-state index is 13.6. The second-order valence-corrected chi connectivity index (χ2v) is 18.6. The van der Waals surface area contributed by atoms with Gasteiger partial charge in [0.15, 0.2) is 0 Å². The van der Waals surface area contributed by atoms with E-state index >= 15 is 0 Å². The van der Waals surface area contributed by atoms with E-state index in [1.807, 2.05) is 37.3 Å². The molecule has 0 aliphatic carbocycles. The molecule has 0 saturated carbocycles. The van der Waals surface area contributed by atoms with Crippen molar-refractivity contribution in [2.45, 2.75) is 233 Å². The third kappa shape index (κ3) is 20.9. The van der Waals surface area contributed by atoms with Crippen LogP contribution in [0.2, 0.25) is 0 Å². The first-order valence-electron chi connectivity index (χ1n) is 26.0. The molecule has 3 aromatic rings. The number of fused-ring (bicyclic) bond motifs is 2. The summed E-state index contributed by atoms with van der Waals surface area (Å²) in [4.78, 5) is 51.8. The molecule has 2 atom stereocenters. The van der Waals surface area contributed by atoms with Crippen molar-refractivity contribution >= 4 is 45.4 Å². The summed E-state index contributed by atoms with van der Waals surface area (Å²) in [7, 11) is 0. The van der Waals surface area contributed by atoms with Gasteiger partial charge in [-0.3, -0.25) is 19.2 Å². The van der Waals surface area contributed by atoms with Gasteiger partial charge in [-0.2, -0.15) is 0 Å². The van der Waals surface area contributed by atoms with Gasteiger partial charge >= 0.3 is 23.9 Å². The number of hydrogen-bond acceptors (Lipinski definition) is 6. The van der Waals surface area contributed by atoms with Crippen molar-refractivity contribution in [3.05, 3.63) is 48.0 Å². The lowest BCUT2D eigenvalue weighted by Crippen LogP contribution is -2.22. The lowest BCUT2D eigenvalue weighted by Gasteiger charge is -2.19. The van der Waals surface area contributed by atoms with E-state index in [4.69, 9.17) is 9.47 Å². The Morgan fingerprint density at radius 3 is 1.11 bits per heavy atom. The molecule has 2 N–H and O–H groups in total. The fourth-order valence-electron chi connectivity index (χ4n) is 9.24. The van der Waals surface area contributed by atoms with E-state index in [2.05, 4.69) is 13.8 Å². The van der Waals surface area contributed by atoms with E-state index in [-0.39, 0.29) is 12.8 Å². The number of rotatable bonds is 39. The molecule has 358 valence electrons. The Morgan fingerprint density at radius 2 is 0.750 bits per heavy atom. The normalized spacial score (nSPS) is 12.4. The number of carbonyl (C=O) groups excluding carboxylic acids is 2. The minimum Gasteiger partial charge on any atom is -0.481 e. The van der Waals surface area contributed by atoms with Crippen molar-refractivity contribution in [2.75, 3.05) is 0 Å². The van der Waals surface area contributed by atoms with Crippen LogP contribution >= 0.6 is 0 Å². The fourth-order valence-corrected chi connectivity index (χ4v) is 9.24. The molecule has 3 aromatic carbocycles. The number of unbranched alkanes of at least 4 members (excludes halogenated alkanes) is 26. The molecule has 0 radical (unpaired) electrons. The number of carboxylic acids is 2. The van der Waals surface area contributed by atoms with Gasteiger partial charge in [0, 0.05) is 21.5 Å². The van der Waals surface area contributed by atoms with Gasteiger partial charge in [0.2, 0.25) is 0 Å². The standard InChI is InChI=1S/C56H86O8/c1-4-7-9-11-13-15-17-19-21-23-25-27-29-31-36-45(55(59)60)42-50(57)63-53-47-39-33-34-40-48(47)54(52-44(6-3)38-35-41-49(52)53)64-51(58)43-46(56(61)62)37-32-30-28-26-24-22-20-18-16-14-12-10-8-5-2/h33-35,38-41,45-46H,4-32,36-37,42-43H2,1-3H3,(H,59,60)(H,61,62). The summed E-state index contributed by atoms with van der Waals surface area (Å²) < 4.78 is 12.2. The molecule has 0 heterocycles. The van der Waals surface area contributed by atoms with Gasteiger partial charge in [-0.1, -0.05) is 243 Å². The van der Waals surface area contributed by atoms with E-state index in [9.17, 15) is 29.4 Å². The monoisotopic (exact) mass is 887 g/mol. The predicted molar refractivity (Wildman–Crippen MR) is 263 cm³/mol. The quantitative estimate of drug-likeness (QED) is 0.0251. The Balaban J connectivity index is 1.55. The van der Waals surface area contributed by atoms with Gasteiger partial charge in [-0.15, -0.1) is 0 Å². The lowest BCUT2D eigenvalue weighted by atomic mass is 9.95. The van der Waals surface area contributed by atoms with Crippen LogP contribution in [0.25, 0.3) is 21.5 Å². The zero-order valence-electron chi connectivity index (χ0n) is 40.4. The first-order chi connectivity index (χ1) is 31.2. The van der Waals surface area contributed by atoms with Gasteiger partial charge < -0.3 is 19.7 Å². The number of aliphatic carboxylic acids is 2. The van der Waals surface area contributed by atoms with Crippen LogP contribution in [0.15, 0.2) is 42.5 Å². The number of hydrogen-bond donors (Lipinski definition) is 2. The number of benzene rings is 3. The fraction of sp³-hybridized carbons (Fsp3) is 0.679. The molecule has 0 saturated heterocycles. The van der Waals surface area contributed by atoms with Gasteiger partial charge in [-0.05, 0) is 24.8 Å². The zero-order chi connectivity index (χ0) is 46.2. The van der Waals surface area contributed by atoms with Gasteiger partial charge in [0.05, 0.1) is 24.7 Å². The Kier molecular flexibility index (Phi) is 28.5. The molecule has 0 fully saturated rings. The van der Waals surface area contributed by atoms with Crippen molar-refractivity contribution < 1.29 is 38.9 Å². The molecular weight excluding hydrogens is 801 g/mol. The SMILES string of the molecule is CCCCCCCCCCCCCCCCC(CC(=O)Oc1c2ccccc2c(OC(=O)CC(CCCCCCCCCCCCCCCC)C(=O)O)c2c(CC)cccc12)C(=O)O. The Labute approximate surface area is 387 Å². The van der Waals surface area contributed by atoms with Crippen LogP contribution in [-0.4, -0.2) is 34.1 Å². The lowest BCUT2D eigenvalue weighted by molar-refractivity contribution is -0.147. The zero-order valence-corrected chi connectivity index (χ0v) is 40.4. The average molecular weight is 887 g/mol. The number of carboxylic acid groups (broad SMARTS) is 2. The average Bonchev–Trinajstić information content (AvgIpc) is 3.29. The van der Waals surface area contributed by atoms with Crippen molar-refractivity contribution in [1.82, 2.24) is 0 Å². The third-order valence-electron chi connectivity index (χ3n) is 13.2. The number of aryl methyl sites for hydroxylation is 1. The Morgan fingerprint density at radius 1 is 0.422 bits per heavy atom. The maximum absolute atomic E-state index is 13.6. The van der Waals surface area contributed by atoms with Gasteiger partial charge in [0.25, 0.3) is 0 Å². The third-order valence-corrected chi connectivity index (χ3v) is 13.2. The second kappa shape index (κ2) is 33.5. The summed E-state index contributed by atoms with van der Waals surface area (Å²) in [5.41, 5.74) is 0.877. The van der Waals surface area contributed by atoms with Crippen LogP contribution in [0.5, 0.6) is 11.5 Å². The van der Waals surface area contributed by atoms with Crippen LogP contribution < -0.4 is 9.47 Å². The molecule has 0 aromatic heterocycles. The molecule has 64 heavy (non-hydrogen) atoms. The highest BCUT2D eigenvalue weighted by Gasteiger charge is 2.27. The molecule has 8 nitrogen and oxygen atoms in total. The first kappa shape index (κ1) is 54.4. The van der Waals surface area contributed by atoms with Crippen LogP contribution in [0.4, 0.5) is 0 Å². The van der Waals surface area contributed by atoms with Crippen LogP contribution in [0.1, 0.15) is 232 Å². The van der Waals surface area contributed by atoms with Crippen molar-refractivity contribution in [3.63, 3.8) is 0 Å². The maximum Gasteiger partial charge on any atom is 0.312 e. The molecule has 0 amide bonds. The molecule has 0 aliphatic rings. The van der Waals surface area contributed by atoms with Crippen LogP contribution in [-0.2, 0) is 25.6 Å². The topological polar surface area (TPSA) is 127 Å². The second-order valence-electron chi connectivity index (χ2n) is 18.6. The summed E-state index contributed by atoms with van der Waals surface area (Å²) in [6.45, 7) is 6.50. The minimum absolute atomic E-state index is 0.246. The van der Waals surface area contributed by atoms with Gasteiger partial charge in [-0.25, -0.2) is 0 Å². The van der Waals surface area contributed by atoms with Crippen LogP contribution in [0, 0.1) is 11.8 Å². The highest BCUT2D eigenvalue weighted by atomic mass is 16.5. The van der Waals surface area contributed by atoms with Crippen molar-refractivity contribution in [1.29, 1.82) is 0 Å². The van der Waals surface area contributed by atoms with Crippen LogP contribution in [0.3, 0.4) is 0 Å². The summed E-state index contributed by atoms with van der Waals surface area (Å²) >= 11 is 0. The number of carbonyl (C=O) groups is 4. The van der Waals surface area contributed by atoms with E-state index in [1.54, 1.807) is 12.1 Å². The molecule has 2 unspecified atom stereocenters. The summed E-state index contributed by atoms with van der Waals surface area (Å²) in [5.74, 6) is -4.32. The first-order valence-corrected chi connectivity index (χ1v) is 26.0. The number of ether oxygens (including phenoxy) is 2. The highest BCUT2D eigenvalue weighted by Crippen LogP contribution is 2.45. The Bertz CT molecular complexity index is 1780. The summed E-state index contributed by atoms with van der Waals surface area (Å²) in [6.07, 6.45) is 35.0. The van der Waals surface area contributed by atoms with Crippen molar-refractivity contribution in [2.24, 2.45) is 11.8 Å². The van der Waals surface area contributed by atoms with E-state index in [0.717, 1.165) is 56.9 Å². The molecule has 0 aliphatic heterocycles. The molecule has 3 rings (SSSR count). The Hall–Kier alpha value is -3.94. The largest absolute Gasteiger partial charge is 0.481 e. The van der Waals surface area contributed by atoms with Gasteiger partial charge in [0.1, 0.15) is 11.5 Å². The number of esters is 2. The minimum atomic E-state index is -0.999. The molecular formula is C56H86O8. The van der Waals surface area contributed by atoms with Crippen molar-refractivity contribution in [3.8, 4) is 11.5 Å². The summed E-state index contributed by atoms with van der Waals surface area (Å²) in [5, 5.41) is 22.5. The van der Waals surface area contributed by atoms with E-state index in [0.29, 0.717) is 52.3 Å². The molecule has 0 spiro atoms. The molecule has 0 bridgehead atoms. The highest BCUT2D eigenvalue weighted by molar-refractivity contribution is 6.13. The smallest absolute Gasteiger partial charge is 0.312 e.